The smallest absolute Gasteiger partial charge is 0.326 e. The number of benzene rings is 1. The van der Waals surface area contributed by atoms with Crippen LogP contribution >= 0.6 is 0 Å². The van der Waals surface area contributed by atoms with Crippen molar-refractivity contribution in [3.05, 3.63) is 64.0 Å². The van der Waals surface area contributed by atoms with Crippen LogP contribution in [0.15, 0.2) is 45.8 Å². The van der Waals surface area contributed by atoms with Gasteiger partial charge in [-0.3, -0.25) is 10.1 Å². The number of aromatic nitrogens is 3. The molecular formula is C27H31FN6O3. The molecule has 0 bridgehead atoms. The zero-order valence-electron chi connectivity index (χ0n) is 22.0. The van der Waals surface area contributed by atoms with E-state index in [1.165, 1.54) is 12.1 Å². The van der Waals surface area contributed by atoms with Gasteiger partial charge in [0.05, 0.1) is 16.9 Å². The predicted molar refractivity (Wildman–Crippen MR) is 144 cm³/mol. The molecule has 4 aromatic rings. The molecule has 1 aromatic carbocycles. The molecule has 0 atom stereocenters. The number of fused-ring (bicyclic) bond motifs is 1. The lowest BCUT2D eigenvalue weighted by Crippen LogP contribution is -2.24. The fraction of sp³-hybridized carbons (Fsp3) is 0.333. The van der Waals surface area contributed by atoms with Gasteiger partial charge in [0.15, 0.2) is 0 Å². The Balaban J connectivity index is 1.73. The Kier molecular flexibility index (Phi) is 6.77. The van der Waals surface area contributed by atoms with Crippen LogP contribution in [-0.2, 0) is 5.41 Å². The van der Waals surface area contributed by atoms with E-state index in [0.717, 1.165) is 10.9 Å². The number of pyridine rings is 2. The Morgan fingerprint density at radius 3 is 2.43 bits per heavy atom. The van der Waals surface area contributed by atoms with Gasteiger partial charge in [0.1, 0.15) is 11.6 Å². The molecule has 0 spiro atoms. The van der Waals surface area contributed by atoms with Crippen LogP contribution in [0.5, 0.6) is 0 Å². The van der Waals surface area contributed by atoms with Crippen LogP contribution in [0.3, 0.4) is 0 Å². The van der Waals surface area contributed by atoms with Gasteiger partial charge in [0.2, 0.25) is 5.88 Å². The highest BCUT2D eigenvalue weighted by Gasteiger charge is 2.21. The summed E-state index contributed by atoms with van der Waals surface area (Å²) in [5, 5.41) is 12.8. The van der Waals surface area contributed by atoms with Crippen molar-refractivity contribution < 1.29 is 13.7 Å². The topological polar surface area (TPSA) is 114 Å². The molecule has 0 fully saturated rings. The first kappa shape index (κ1) is 25.9. The molecule has 2 amide bonds. The van der Waals surface area contributed by atoms with Crippen molar-refractivity contribution in [2.45, 2.75) is 53.0 Å². The highest BCUT2D eigenvalue weighted by molar-refractivity contribution is 5.99. The molecule has 4 rings (SSSR count). The zero-order valence-corrected chi connectivity index (χ0v) is 22.0. The SMILES string of the molecule is CNc1cc2c(cn1)cc(-c1cc(NC(=O)Nc3cc(C(C)(C)C)no3)c(F)cc1C)c(=O)n2C(C)C. The molecule has 0 radical (unpaired) electrons. The third-order valence-corrected chi connectivity index (χ3v) is 6.06. The molecule has 10 heteroatoms. The van der Waals surface area contributed by atoms with Crippen LogP contribution in [-0.4, -0.2) is 27.8 Å². The maximum Gasteiger partial charge on any atom is 0.326 e. The van der Waals surface area contributed by atoms with E-state index in [1.54, 1.807) is 36.9 Å². The molecular weight excluding hydrogens is 475 g/mol. The minimum Gasteiger partial charge on any atom is -0.373 e. The molecule has 0 aliphatic rings. The van der Waals surface area contributed by atoms with Crippen LogP contribution in [0, 0.1) is 12.7 Å². The summed E-state index contributed by atoms with van der Waals surface area (Å²) in [6.45, 7) is 11.5. The van der Waals surface area contributed by atoms with Gasteiger partial charge in [0.25, 0.3) is 5.56 Å². The summed E-state index contributed by atoms with van der Waals surface area (Å²) in [5.41, 5.74) is 2.29. The third-order valence-electron chi connectivity index (χ3n) is 6.06. The lowest BCUT2D eigenvalue weighted by molar-refractivity contribution is 0.261. The number of hydrogen-bond acceptors (Lipinski definition) is 6. The number of rotatable bonds is 5. The standard InChI is InChI=1S/C27H31FN6O3/c1-14(2)34-21-11-23(29-7)30-13-16(21)9-18(25(34)35)17-10-20(19(28)8-15(17)3)31-26(36)32-24-12-22(33-37-24)27(4,5)6/h8-14H,1-7H3,(H,29,30)(H2,31,32,36). The molecule has 3 heterocycles. The molecule has 9 nitrogen and oxygen atoms in total. The van der Waals surface area contributed by atoms with E-state index >= 15 is 0 Å². The second kappa shape index (κ2) is 9.68. The lowest BCUT2D eigenvalue weighted by atomic mass is 9.92. The van der Waals surface area contributed by atoms with E-state index in [-0.39, 0.29) is 28.6 Å². The number of carbonyl (C=O) groups excluding carboxylic acids is 1. The molecule has 0 unspecified atom stereocenters. The minimum atomic E-state index is -0.702. The van der Waals surface area contributed by atoms with Crippen molar-refractivity contribution in [1.29, 1.82) is 0 Å². The van der Waals surface area contributed by atoms with E-state index in [0.29, 0.717) is 28.2 Å². The van der Waals surface area contributed by atoms with Crippen molar-refractivity contribution in [3.8, 4) is 11.1 Å². The number of nitrogens with one attached hydrogen (secondary N) is 3. The normalized spacial score (nSPS) is 11.7. The monoisotopic (exact) mass is 506 g/mol. The average Bonchev–Trinajstić information content (AvgIpc) is 3.29. The van der Waals surface area contributed by atoms with Crippen LogP contribution in [0.1, 0.15) is 51.9 Å². The molecule has 0 aliphatic carbocycles. The second-order valence-corrected chi connectivity index (χ2v) is 10.3. The lowest BCUT2D eigenvalue weighted by Gasteiger charge is -2.18. The minimum absolute atomic E-state index is 0.0760. The van der Waals surface area contributed by atoms with E-state index in [9.17, 15) is 14.0 Å². The van der Waals surface area contributed by atoms with Crippen molar-refractivity contribution in [3.63, 3.8) is 0 Å². The number of hydrogen-bond donors (Lipinski definition) is 3. The number of nitrogens with zero attached hydrogens (tertiary/aromatic N) is 3. The quantitative estimate of drug-likeness (QED) is 0.303. The van der Waals surface area contributed by atoms with Crippen molar-refractivity contribution in [1.82, 2.24) is 14.7 Å². The van der Waals surface area contributed by atoms with E-state index in [2.05, 4.69) is 26.1 Å². The average molecular weight is 507 g/mol. The van der Waals surface area contributed by atoms with E-state index in [4.69, 9.17) is 4.52 Å². The Morgan fingerprint density at radius 1 is 1.08 bits per heavy atom. The second-order valence-electron chi connectivity index (χ2n) is 10.3. The number of aryl methyl sites for hydroxylation is 1. The van der Waals surface area contributed by atoms with Gasteiger partial charge in [-0.15, -0.1) is 0 Å². The fourth-order valence-electron chi connectivity index (χ4n) is 4.09. The summed E-state index contributed by atoms with van der Waals surface area (Å²) in [6, 6.07) is 7.11. The van der Waals surface area contributed by atoms with Crippen LogP contribution < -0.4 is 21.5 Å². The Hall–Kier alpha value is -4.21. The highest BCUT2D eigenvalue weighted by atomic mass is 19.1. The van der Waals surface area contributed by atoms with Crippen molar-refractivity contribution in [2.75, 3.05) is 23.0 Å². The predicted octanol–water partition coefficient (Wildman–Crippen LogP) is 6.06. The zero-order chi connectivity index (χ0) is 27.1. The highest BCUT2D eigenvalue weighted by Crippen LogP contribution is 2.30. The summed E-state index contributed by atoms with van der Waals surface area (Å²) >= 11 is 0. The first-order valence-corrected chi connectivity index (χ1v) is 12.0. The van der Waals surface area contributed by atoms with Crippen molar-refractivity contribution in [2.24, 2.45) is 0 Å². The van der Waals surface area contributed by atoms with Gasteiger partial charge in [-0.05, 0) is 50.1 Å². The molecule has 0 saturated heterocycles. The summed E-state index contributed by atoms with van der Waals surface area (Å²) < 4.78 is 21.7. The number of anilines is 3. The Labute approximate surface area is 214 Å². The first-order valence-electron chi connectivity index (χ1n) is 12.0. The molecule has 3 N–H and O–H groups in total. The van der Waals surface area contributed by atoms with Crippen LogP contribution in [0.25, 0.3) is 22.0 Å². The molecule has 0 saturated carbocycles. The van der Waals surface area contributed by atoms with Crippen molar-refractivity contribution >= 4 is 34.3 Å². The summed E-state index contributed by atoms with van der Waals surface area (Å²) in [6.07, 6.45) is 1.69. The number of amides is 2. The maximum absolute atomic E-state index is 14.9. The van der Waals surface area contributed by atoms with E-state index < -0.39 is 11.8 Å². The van der Waals surface area contributed by atoms with Crippen LogP contribution in [0.4, 0.5) is 26.6 Å². The van der Waals surface area contributed by atoms with Gasteiger partial charge in [-0.25, -0.2) is 14.2 Å². The van der Waals surface area contributed by atoms with Gasteiger partial charge in [-0.2, -0.15) is 0 Å². The largest absolute Gasteiger partial charge is 0.373 e. The summed E-state index contributed by atoms with van der Waals surface area (Å²) in [5.74, 6) is 0.151. The molecule has 194 valence electrons. The number of carbonyl (C=O) groups is 1. The maximum atomic E-state index is 14.9. The first-order chi connectivity index (χ1) is 17.4. The molecule has 37 heavy (non-hydrogen) atoms. The third kappa shape index (κ3) is 5.18. The fourth-order valence-corrected chi connectivity index (χ4v) is 4.09. The molecule has 3 aromatic heterocycles. The number of halogens is 1. The van der Waals surface area contributed by atoms with Crippen LogP contribution in [0.2, 0.25) is 0 Å². The number of urea groups is 1. The molecule has 0 aliphatic heterocycles. The van der Waals surface area contributed by atoms with Gasteiger partial charge >= 0.3 is 6.03 Å². The van der Waals surface area contributed by atoms with Gasteiger partial charge in [-0.1, -0.05) is 25.9 Å². The summed E-state index contributed by atoms with van der Waals surface area (Å²) in [4.78, 5) is 30.6. The van der Waals surface area contributed by atoms with E-state index in [1.807, 2.05) is 40.7 Å². The van der Waals surface area contributed by atoms with Gasteiger partial charge in [0, 0.05) is 47.8 Å². The Bertz CT molecular complexity index is 1550. The summed E-state index contributed by atoms with van der Waals surface area (Å²) in [7, 11) is 1.76. The van der Waals surface area contributed by atoms with Gasteiger partial charge < -0.3 is 19.7 Å². The Morgan fingerprint density at radius 2 is 1.81 bits per heavy atom.